The number of ether oxygens (including phenoxy) is 2. The lowest BCUT2D eigenvalue weighted by Gasteiger charge is -2.19. The van der Waals surface area contributed by atoms with Gasteiger partial charge < -0.3 is 9.47 Å². The Morgan fingerprint density at radius 3 is 2.24 bits per heavy atom. The zero-order chi connectivity index (χ0) is 15.6. The number of halogens is 3. The predicted molar refractivity (Wildman–Crippen MR) is 96.9 cm³/mol. The number of rotatable bonds is 4. The first-order valence-electron chi connectivity index (χ1n) is 6.30. The summed E-state index contributed by atoms with van der Waals surface area (Å²) < 4.78 is 12.8. The van der Waals surface area contributed by atoms with Crippen LogP contribution in [-0.4, -0.2) is 14.2 Å². The molecule has 0 N–H and O–H groups in total. The van der Waals surface area contributed by atoms with E-state index in [2.05, 4.69) is 72.9 Å². The maximum atomic E-state index is 5.56. The summed E-state index contributed by atoms with van der Waals surface area (Å²) in [5.74, 6) is 1.52. The quantitative estimate of drug-likeness (QED) is 0.500. The fourth-order valence-electron chi connectivity index (χ4n) is 2.15. The summed E-state index contributed by atoms with van der Waals surface area (Å²) in [5.41, 5.74) is 3.39. The van der Waals surface area contributed by atoms with E-state index in [0.717, 1.165) is 31.6 Å². The van der Waals surface area contributed by atoms with Crippen molar-refractivity contribution < 1.29 is 9.47 Å². The van der Waals surface area contributed by atoms with E-state index in [-0.39, 0.29) is 4.83 Å². The lowest BCUT2D eigenvalue weighted by atomic mass is 10.0. The van der Waals surface area contributed by atoms with Crippen LogP contribution >= 0.6 is 47.8 Å². The molecule has 2 aromatic carbocycles. The fourth-order valence-corrected chi connectivity index (χ4v) is 4.38. The predicted octanol–water partition coefficient (Wildman–Crippen LogP) is 6.02. The van der Waals surface area contributed by atoms with Gasteiger partial charge in [-0.3, -0.25) is 0 Å². The van der Waals surface area contributed by atoms with Gasteiger partial charge in [0.05, 0.1) is 19.0 Å². The standard InChI is InChI=1S/C16H15Br3O2/c1-9-5-4-6-10(13(9)17)14(18)11-7-8-12(20-2)15(19)16(11)21-3/h4-8,14H,1-3H3. The van der Waals surface area contributed by atoms with E-state index in [1.54, 1.807) is 14.2 Å². The van der Waals surface area contributed by atoms with Gasteiger partial charge in [-0.05, 0) is 40.0 Å². The molecule has 2 rings (SSSR count). The molecule has 0 spiro atoms. The maximum Gasteiger partial charge on any atom is 0.141 e. The van der Waals surface area contributed by atoms with Crippen molar-refractivity contribution in [2.24, 2.45) is 0 Å². The second-order valence-electron chi connectivity index (χ2n) is 4.54. The Balaban J connectivity index is 2.56. The van der Waals surface area contributed by atoms with Crippen molar-refractivity contribution in [1.29, 1.82) is 0 Å². The molecule has 2 aromatic rings. The highest BCUT2D eigenvalue weighted by molar-refractivity contribution is 9.11. The third-order valence-corrected chi connectivity index (χ3v) is 6.10. The summed E-state index contributed by atoms with van der Waals surface area (Å²) in [5, 5.41) is 0. The lowest BCUT2D eigenvalue weighted by molar-refractivity contribution is 0.386. The Kier molecular flexibility index (Phi) is 5.74. The highest BCUT2D eigenvalue weighted by Crippen LogP contribution is 2.45. The van der Waals surface area contributed by atoms with Crippen LogP contribution in [0.25, 0.3) is 0 Å². The summed E-state index contributed by atoms with van der Waals surface area (Å²) in [6.45, 7) is 2.08. The minimum absolute atomic E-state index is 0.0175. The van der Waals surface area contributed by atoms with Crippen LogP contribution in [0.5, 0.6) is 11.5 Å². The van der Waals surface area contributed by atoms with Gasteiger partial charge in [0.15, 0.2) is 0 Å². The van der Waals surface area contributed by atoms with Crippen molar-refractivity contribution in [3.8, 4) is 11.5 Å². The van der Waals surface area contributed by atoms with Gasteiger partial charge in [0.25, 0.3) is 0 Å². The van der Waals surface area contributed by atoms with Gasteiger partial charge in [-0.15, -0.1) is 0 Å². The van der Waals surface area contributed by atoms with Crippen molar-refractivity contribution in [3.63, 3.8) is 0 Å². The smallest absolute Gasteiger partial charge is 0.141 e. The van der Waals surface area contributed by atoms with E-state index >= 15 is 0 Å². The zero-order valence-corrected chi connectivity index (χ0v) is 16.7. The van der Waals surface area contributed by atoms with Gasteiger partial charge in [0.2, 0.25) is 0 Å². The fraction of sp³-hybridized carbons (Fsp3) is 0.250. The third kappa shape index (κ3) is 3.30. The molecule has 0 saturated carbocycles. The van der Waals surface area contributed by atoms with Crippen LogP contribution in [0.4, 0.5) is 0 Å². The van der Waals surface area contributed by atoms with Gasteiger partial charge in [0, 0.05) is 10.0 Å². The molecule has 0 amide bonds. The first-order chi connectivity index (χ1) is 10.0. The van der Waals surface area contributed by atoms with Crippen LogP contribution in [0, 0.1) is 6.92 Å². The molecule has 0 heterocycles. The number of benzene rings is 2. The molecule has 0 fully saturated rings. The number of alkyl halides is 1. The van der Waals surface area contributed by atoms with Crippen LogP contribution in [0.2, 0.25) is 0 Å². The van der Waals surface area contributed by atoms with E-state index < -0.39 is 0 Å². The Morgan fingerprint density at radius 2 is 1.62 bits per heavy atom. The van der Waals surface area contributed by atoms with E-state index in [0.29, 0.717) is 0 Å². The number of aryl methyl sites for hydroxylation is 1. The van der Waals surface area contributed by atoms with Crippen LogP contribution < -0.4 is 9.47 Å². The van der Waals surface area contributed by atoms with Crippen LogP contribution in [0.1, 0.15) is 21.5 Å². The minimum Gasteiger partial charge on any atom is -0.495 e. The van der Waals surface area contributed by atoms with Crippen molar-refractivity contribution in [2.45, 2.75) is 11.8 Å². The van der Waals surface area contributed by atoms with Gasteiger partial charge >= 0.3 is 0 Å². The third-order valence-electron chi connectivity index (χ3n) is 3.28. The molecule has 0 aromatic heterocycles. The maximum absolute atomic E-state index is 5.56. The van der Waals surface area contributed by atoms with Crippen LogP contribution in [0.15, 0.2) is 39.3 Å². The topological polar surface area (TPSA) is 18.5 Å². The SMILES string of the molecule is COc1ccc(C(Br)c2cccc(C)c2Br)c(OC)c1Br. The van der Waals surface area contributed by atoms with E-state index in [9.17, 15) is 0 Å². The lowest BCUT2D eigenvalue weighted by Crippen LogP contribution is -2.00. The average molecular weight is 479 g/mol. The Morgan fingerprint density at radius 1 is 0.905 bits per heavy atom. The highest BCUT2D eigenvalue weighted by atomic mass is 79.9. The molecule has 0 radical (unpaired) electrons. The Hall–Kier alpha value is -0.520. The summed E-state index contributed by atoms with van der Waals surface area (Å²) >= 11 is 11.0. The second kappa shape index (κ2) is 7.16. The Labute approximate surface area is 150 Å². The summed E-state index contributed by atoms with van der Waals surface area (Å²) in [6.07, 6.45) is 0. The molecule has 1 atom stereocenters. The molecule has 0 aliphatic heterocycles. The van der Waals surface area contributed by atoms with E-state index in [1.807, 2.05) is 12.1 Å². The van der Waals surface area contributed by atoms with Gasteiger partial charge in [-0.25, -0.2) is 0 Å². The minimum atomic E-state index is 0.0175. The summed E-state index contributed by atoms with van der Waals surface area (Å²) in [6, 6.07) is 10.2. The summed E-state index contributed by atoms with van der Waals surface area (Å²) in [7, 11) is 3.30. The normalized spacial score (nSPS) is 12.1. The molecule has 0 aliphatic carbocycles. The molecule has 2 nitrogen and oxygen atoms in total. The van der Waals surface area contributed by atoms with Crippen molar-refractivity contribution in [3.05, 3.63) is 56.0 Å². The van der Waals surface area contributed by atoms with Crippen molar-refractivity contribution in [2.75, 3.05) is 14.2 Å². The molecular formula is C16H15Br3O2. The number of methoxy groups -OCH3 is 2. The first kappa shape index (κ1) is 16.8. The number of hydrogen-bond acceptors (Lipinski definition) is 2. The van der Waals surface area contributed by atoms with Crippen LogP contribution in [0.3, 0.4) is 0 Å². The Bertz CT molecular complexity index is 656. The monoisotopic (exact) mass is 476 g/mol. The van der Waals surface area contributed by atoms with Gasteiger partial charge in [0.1, 0.15) is 16.0 Å². The van der Waals surface area contributed by atoms with Crippen molar-refractivity contribution in [1.82, 2.24) is 0 Å². The largest absolute Gasteiger partial charge is 0.495 e. The van der Waals surface area contributed by atoms with E-state index in [4.69, 9.17) is 9.47 Å². The summed E-state index contributed by atoms with van der Waals surface area (Å²) in [4.78, 5) is 0.0175. The molecule has 0 aliphatic rings. The van der Waals surface area contributed by atoms with Crippen molar-refractivity contribution >= 4 is 47.8 Å². The molecule has 1 unspecified atom stereocenters. The molecule has 112 valence electrons. The molecule has 21 heavy (non-hydrogen) atoms. The molecule has 5 heteroatoms. The molecule has 0 bridgehead atoms. The number of hydrogen-bond donors (Lipinski definition) is 0. The second-order valence-corrected chi connectivity index (χ2v) is 7.05. The van der Waals surface area contributed by atoms with Crippen LogP contribution in [-0.2, 0) is 0 Å². The van der Waals surface area contributed by atoms with Gasteiger partial charge in [-0.2, -0.15) is 0 Å². The first-order valence-corrected chi connectivity index (χ1v) is 8.80. The van der Waals surface area contributed by atoms with E-state index in [1.165, 1.54) is 5.56 Å². The molecule has 0 saturated heterocycles. The average Bonchev–Trinajstić information content (AvgIpc) is 2.49. The zero-order valence-electron chi connectivity index (χ0n) is 11.9. The highest BCUT2D eigenvalue weighted by Gasteiger charge is 2.21. The van der Waals surface area contributed by atoms with Gasteiger partial charge in [-0.1, -0.05) is 56.1 Å². The molecular weight excluding hydrogens is 464 g/mol.